The Morgan fingerprint density at radius 3 is 2.44 bits per heavy atom. The highest BCUT2D eigenvalue weighted by molar-refractivity contribution is 5.67. The van der Waals surface area contributed by atoms with E-state index in [4.69, 9.17) is 0 Å². The molecule has 0 aromatic heterocycles. The van der Waals surface area contributed by atoms with Gasteiger partial charge in [0.05, 0.1) is 13.2 Å². The fraction of sp³-hybridized carbons (Fsp3) is 0.800. The zero-order chi connectivity index (χ0) is 7.28. The van der Waals surface area contributed by atoms with Gasteiger partial charge in [-0.15, -0.1) is 0 Å². The molecule has 52 valence electrons. The number of amides is 1. The first-order valence-electron chi connectivity index (χ1n) is 2.65. The van der Waals surface area contributed by atoms with E-state index in [2.05, 4.69) is 15.0 Å². The summed E-state index contributed by atoms with van der Waals surface area (Å²) in [6.07, 6.45) is -0.649. The van der Waals surface area contributed by atoms with Gasteiger partial charge in [-0.05, 0) is 13.8 Å². The van der Waals surface area contributed by atoms with Gasteiger partial charge in [0.1, 0.15) is 0 Å². The first kappa shape index (κ1) is 8.07. The summed E-state index contributed by atoms with van der Waals surface area (Å²) < 4.78 is 4.20. The van der Waals surface area contributed by atoms with Gasteiger partial charge in [0, 0.05) is 0 Å². The smallest absolute Gasteiger partial charge is 0.450 e. The van der Waals surface area contributed by atoms with Crippen LogP contribution in [0.5, 0.6) is 0 Å². The van der Waals surface area contributed by atoms with E-state index in [-0.39, 0.29) is 6.04 Å². The van der Waals surface area contributed by atoms with Crippen LogP contribution in [0, 0.1) is 0 Å². The number of hydrogen-bond acceptors (Lipinski definition) is 3. The van der Waals surface area contributed by atoms with E-state index < -0.39 is 6.09 Å². The van der Waals surface area contributed by atoms with Crippen molar-refractivity contribution in [1.29, 1.82) is 0 Å². The molecule has 0 saturated carbocycles. The van der Waals surface area contributed by atoms with Gasteiger partial charge in [-0.3, -0.25) is 0 Å². The van der Waals surface area contributed by atoms with Gasteiger partial charge in [-0.2, -0.15) is 5.11 Å². The van der Waals surface area contributed by atoms with Gasteiger partial charge in [0.25, 0.3) is 0 Å². The Hall–Kier alpha value is -0.930. The lowest BCUT2D eigenvalue weighted by atomic mass is 10.4. The Labute approximate surface area is 53.9 Å². The van der Waals surface area contributed by atoms with Crippen LogP contribution in [0.3, 0.4) is 0 Å². The quantitative estimate of drug-likeness (QED) is 0.506. The summed E-state index contributed by atoms with van der Waals surface area (Å²) in [4.78, 5) is 10.2. The largest absolute Gasteiger partial charge is 0.451 e. The molecule has 0 saturated heterocycles. The molecule has 0 aliphatic carbocycles. The number of ether oxygens (including phenoxy) is 1. The highest BCUT2D eigenvalue weighted by Crippen LogP contribution is 1.88. The molecule has 0 heterocycles. The molecule has 0 bridgehead atoms. The lowest BCUT2D eigenvalue weighted by Gasteiger charge is -1.90. The fourth-order valence-electron chi connectivity index (χ4n) is 0.203. The van der Waals surface area contributed by atoms with Crippen molar-refractivity contribution in [1.82, 2.24) is 0 Å². The average molecular weight is 130 g/mol. The van der Waals surface area contributed by atoms with E-state index in [0.717, 1.165) is 0 Å². The van der Waals surface area contributed by atoms with Crippen LogP contribution < -0.4 is 0 Å². The molecule has 0 aliphatic heterocycles. The summed E-state index contributed by atoms with van der Waals surface area (Å²) in [7, 11) is 1.27. The molecule has 0 unspecified atom stereocenters. The summed E-state index contributed by atoms with van der Waals surface area (Å²) in [5.41, 5.74) is 0. The van der Waals surface area contributed by atoms with E-state index in [9.17, 15) is 4.79 Å². The van der Waals surface area contributed by atoms with Crippen molar-refractivity contribution in [3.63, 3.8) is 0 Å². The van der Waals surface area contributed by atoms with Crippen molar-refractivity contribution in [2.24, 2.45) is 10.2 Å². The molecule has 1 amide bonds. The van der Waals surface area contributed by atoms with Crippen molar-refractivity contribution in [3.8, 4) is 0 Å². The lowest BCUT2D eigenvalue weighted by Crippen LogP contribution is -1.93. The minimum Gasteiger partial charge on any atom is -0.450 e. The SMILES string of the molecule is COC(=O)N=NC(C)C. The maximum Gasteiger partial charge on any atom is 0.451 e. The Morgan fingerprint density at radius 2 is 2.11 bits per heavy atom. The zero-order valence-corrected chi connectivity index (χ0v) is 5.79. The average Bonchev–Trinajstić information content (AvgIpc) is 1.83. The third-order valence-electron chi connectivity index (χ3n) is 0.545. The van der Waals surface area contributed by atoms with E-state index in [0.29, 0.717) is 0 Å². The summed E-state index contributed by atoms with van der Waals surface area (Å²) >= 11 is 0. The first-order chi connectivity index (χ1) is 4.16. The molecule has 0 radical (unpaired) electrons. The van der Waals surface area contributed by atoms with Crippen LogP contribution in [0.25, 0.3) is 0 Å². The highest BCUT2D eigenvalue weighted by atomic mass is 16.5. The summed E-state index contributed by atoms with van der Waals surface area (Å²) in [5.74, 6) is 0. The standard InChI is InChI=1S/C5H10N2O2/c1-4(2)6-7-5(8)9-3/h4H,1-3H3. The monoisotopic (exact) mass is 130 g/mol. The minimum atomic E-state index is -0.649. The Morgan fingerprint density at radius 1 is 1.56 bits per heavy atom. The van der Waals surface area contributed by atoms with Crippen LogP contribution in [0.15, 0.2) is 10.2 Å². The Balaban J connectivity index is 3.57. The van der Waals surface area contributed by atoms with E-state index in [1.165, 1.54) is 7.11 Å². The lowest BCUT2D eigenvalue weighted by molar-refractivity contribution is 0.180. The van der Waals surface area contributed by atoms with Crippen molar-refractivity contribution in [2.75, 3.05) is 7.11 Å². The van der Waals surface area contributed by atoms with Crippen LogP contribution in [-0.4, -0.2) is 19.2 Å². The van der Waals surface area contributed by atoms with Gasteiger partial charge in [0.2, 0.25) is 0 Å². The minimum absolute atomic E-state index is 0.0455. The first-order valence-corrected chi connectivity index (χ1v) is 2.65. The number of hydrogen-bond donors (Lipinski definition) is 0. The number of methoxy groups -OCH3 is 1. The Kier molecular flexibility index (Phi) is 3.59. The second-order valence-electron chi connectivity index (χ2n) is 1.78. The van der Waals surface area contributed by atoms with Crippen LogP contribution in [0.4, 0.5) is 4.79 Å². The number of carbonyl (C=O) groups is 1. The number of rotatable bonds is 1. The number of nitrogens with zero attached hydrogens (tertiary/aromatic N) is 2. The molecule has 0 atom stereocenters. The topological polar surface area (TPSA) is 51.0 Å². The normalized spacial score (nSPS) is 10.7. The molecule has 0 spiro atoms. The van der Waals surface area contributed by atoms with Crippen molar-refractivity contribution < 1.29 is 9.53 Å². The van der Waals surface area contributed by atoms with Crippen LogP contribution in [0.1, 0.15) is 13.8 Å². The molecule has 0 aromatic rings. The van der Waals surface area contributed by atoms with Gasteiger partial charge in [-0.1, -0.05) is 5.11 Å². The third kappa shape index (κ3) is 4.93. The predicted molar refractivity (Wildman–Crippen MR) is 32.4 cm³/mol. The maximum absolute atomic E-state index is 10.2. The zero-order valence-electron chi connectivity index (χ0n) is 5.79. The second kappa shape index (κ2) is 4.00. The van der Waals surface area contributed by atoms with Crippen molar-refractivity contribution in [2.45, 2.75) is 19.9 Å². The van der Waals surface area contributed by atoms with Gasteiger partial charge in [-0.25, -0.2) is 4.79 Å². The number of carbonyl (C=O) groups excluding carboxylic acids is 1. The van der Waals surface area contributed by atoms with Gasteiger partial charge >= 0.3 is 6.09 Å². The van der Waals surface area contributed by atoms with Crippen molar-refractivity contribution >= 4 is 6.09 Å². The van der Waals surface area contributed by atoms with Gasteiger partial charge < -0.3 is 4.74 Å². The van der Waals surface area contributed by atoms with Crippen LogP contribution in [0.2, 0.25) is 0 Å². The van der Waals surface area contributed by atoms with Gasteiger partial charge in [0.15, 0.2) is 0 Å². The summed E-state index contributed by atoms with van der Waals surface area (Å²) in [6.45, 7) is 3.65. The molecule has 9 heavy (non-hydrogen) atoms. The molecule has 0 aliphatic rings. The van der Waals surface area contributed by atoms with Crippen LogP contribution in [-0.2, 0) is 4.74 Å². The maximum atomic E-state index is 10.2. The molecule has 0 rings (SSSR count). The summed E-state index contributed by atoms with van der Waals surface area (Å²) in [5, 5.41) is 6.75. The van der Waals surface area contributed by atoms with Crippen molar-refractivity contribution in [3.05, 3.63) is 0 Å². The molecular weight excluding hydrogens is 120 g/mol. The van der Waals surface area contributed by atoms with Crippen LogP contribution >= 0.6 is 0 Å². The Bertz CT molecular complexity index is 120. The second-order valence-corrected chi connectivity index (χ2v) is 1.78. The molecular formula is C5H10N2O2. The molecule has 0 aromatic carbocycles. The third-order valence-corrected chi connectivity index (χ3v) is 0.545. The molecule has 4 heteroatoms. The highest BCUT2D eigenvalue weighted by Gasteiger charge is 1.93. The molecule has 0 fully saturated rings. The molecule has 4 nitrogen and oxygen atoms in total. The molecule has 0 N–H and O–H groups in total. The van der Waals surface area contributed by atoms with E-state index in [1.54, 1.807) is 0 Å². The fourth-order valence-corrected chi connectivity index (χ4v) is 0.203. The van der Waals surface area contributed by atoms with E-state index in [1.807, 2.05) is 13.8 Å². The summed E-state index contributed by atoms with van der Waals surface area (Å²) in [6, 6.07) is 0.0455. The van der Waals surface area contributed by atoms with E-state index >= 15 is 0 Å². The number of azo groups is 1. The predicted octanol–water partition coefficient (Wildman–Crippen LogP) is 1.61.